The zero-order valence-corrected chi connectivity index (χ0v) is 14.8. The van der Waals surface area contributed by atoms with Gasteiger partial charge in [-0.05, 0) is 48.2 Å². The van der Waals surface area contributed by atoms with E-state index in [1.165, 1.54) is 4.31 Å². The standard InChI is InChI=1S/C18H19F3N2O2S/c19-16-9-14(10-17(20)18(16)21)12-22-11-13-3-5-15(6-4-13)26(24,25)23-7-1-2-8-23/h3-6,9-10,22H,1-2,7-8,11-12H2. The van der Waals surface area contributed by atoms with E-state index < -0.39 is 27.5 Å². The average molecular weight is 384 g/mol. The summed E-state index contributed by atoms with van der Waals surface area (Å²) in [7, 11) is -3.44. The molecule has 0 amide bonds. The molecule has 1 heterocycles. The van der Waals surface area contributed by atoms with E-state index >= 15 is 0 Å². The lowest BCUT2D eigenvalue weighted by atomic mass is 10.2. The highest BCUT2D eigenvalue weighted by molar-refractivity contribution is 7.89. The summed E-state index contributed by atoms with van der Waals surface area (Å²) in [6, 6.07) is 8.39. The van der Waals surface area contributed by atoms with Crippen molar-refractivity contribution in [3.63, 3.8) is 0 Å². The Labute approximate surface area is 150 Å². The third-order valence-corrected chi connectivity index (χ3v) is 6.24. The molecule has 8 heteroatoms. The van der Waals surface area contributed by atoms with E-state index in [1.807, 2.05) is 0 Å². The predicted molar refractivity (Wildman–Crippen MR) is 91.3 cm³/mol. The zero-order chi connectivity index (χ0) is 18.7. The van der Waals surface area contributed by atoms with Crippen molar-refractivity contribution < 1.29 is 21.6 Å². The first-order valence-electron chi connectivity index (χ1n) is 8.31. The molecule has 4 nitrogen and oxygen atoms in total. The van der Waals surface area contributed by atoms with Gasteiger partial charge in [0.05, 0.1) is 4.90 Å². The number of hydrogen-bond acceptors (Lipinski definition) is 3. The second kappa shape index (κ2) is 7.77. The van der Waals surface area contributed by atoms with Crippen LogP contribution >= 0.6 is 0 Å². The van der Waals surface area contributed by atoms with E-state index in [9.17, 15) is 21.6 Å². The van der Waals surface area contributed by atoms with Crippen molar-refractivity contribution in [2.24, 2.45) is 0 Å². The van der Waals surface area contributed by atoms with Gasteiger partial charge in [-0.1, -0.05) is 12.1 Å². The fraction of sp³-hybridized carbons (Fsp3) is 0.333. The molecule has 0 atom stereocenters. The van der Waals surface area contributed by atoms with Crippen LogP contribution in [0.5, 0.6) is 0 Å². The third kappa shape index (κ3) is 4.08. The van der Waals surface area contributed by atoms with Crippen LogP contribution in [0, 0.1) is 17.5 Å². The van der Waals surface area contributed by atoms with E-state index in [4.69, 9.17) is 0 Å². The highest BCUT2D eigenvalue weighted by atomic mass is 32.2. The van der Waals surface area contributed by atoms with Gasteiger partial charge in [0, 0.05) is 26.2 Å². The Bertz CT molecular complexity index is 857. The van der Waals surface area contributed by atoms with Crippen molar-refractivity contribution in [1.82, 2.24) is 9.62 Å². The van der Waals surface area contributed by atoms with Crippen LogP contribution in [-0.2, 0) is 23.1 Å². The number of halogens is 3. The quantitative estimate of drug-likeness (QED) is 0.779. The number of hydrogen-bond donors (Lipinski definition) is 1. The molecule has 0 saturated carbocycles. The van der Waals surface area contributed by atoms with Crippen LogP contribution in [0.15, 0.2) is 41.3 Å². The minimum absolute atomic E-state index is 0.155. The van der Waals surface area contributed by atoms with Crippen molar-refractivity contribution in [2.75, 3.05) is 13.1 Å². The summed E-state index contributed by atoms with van der Waals surface area (Å²) in [6.45, 7) is 1.64. The van der Waals surface area contributed by atoms with E-state index in [0.717, 1.165) is 30.5 Å². The fourth-order valence-corrected chi connectivity index (χ4v) is 4.44. The second-order valence-corrected chi connectivity index (χ2v) is 8.17. The van der Waals surface area contributed by atoms with Gasteiger partial charge in [0.25, 0.3) is 0 Å². The third-order valence-electron chi connectivity index (χ3n) is 4.33. The smallest absolute Gasteiger partial charge is 0.243 e. The van der Waals surface area contributed by atoms with Gasteiger partial charge < -0.3 is 5.32 Å². The molecule has 2 aromatic rings. The summed E-state index contributed by atoms with van der Waals surface area (Å²) in [5, 5.41) is 2.99. The molecule has 1 aliphatic rings. The average Bonchev–Trinajstić information content (AvgIpc) is 3.15. The number of benzene rings is 2. The number of nitrogens with one attached hydrogen (secondary N) is 1. The van der Waals surface area contributed by atoms with Crippen molar-refractivity contribution >= 4 is 10.0 Å². The van der Waals surface area contributed by atoms with Gasteiger partial charge >= 0.3 is 0 Å². The van der Waals surface area contributed by atoms with E-state index in [1.54, 1.807) is 24.3 Å². The van der Waals surface area contributed by atoms with Gasteiger partial charge in [0.2, 0.25) is 10.0 Å². The maximum atomic E-state index is 13.2. The summed E-state index contributed by atoms with van der Waals surface area (Å²) in [5.74, 6) is -3.93. The molecule has 0 spiro atoms. The molecule has 1 saturated heterocycles. The van der Waals surface area contributed by atoms with Crippen LogP contribution in [0.25, 0.3) is 0 Å². The van der Waals surface area contributed by atoms with Gasteiger partial charge in [-0.3, -0.25) is 0 Å². The molecular weight excluding hydrogens is 365 g/mol. The highest BCUT2D eigenvalue weighted by Crippen LogP contribution is 2.21. The predicted octanol–water partition coefficient (Wildman–Crippen LogP) is 3.18. The van der Waals surface area contributed by atoms with E-state index in [2.05, 4.69) is 5.32 Å². The van der Waals surface area contributed by atoms with Crippen LogP contribution in [0.1, 0.15) is 24.0 Å². The van der Waals surface area contributed by atoms with Crippen molar-refractivity contribution in [3.05, 3.63) is 65.0 Å². The second-order valence-electron chi connectivity index (χ2n) is 6.23. The molecule has 1 aliphatic heterocycles. The Morgan fingerprint density at radius 2 is 1.42 bits per heavy atom. The minimum Gasteiger partial charge on any atom is -0.309 e. The summed E-state index contributed by atoms with van der Waals surface area (Å²) < 4.78 is 65.6. The Kier molecular flexibility index (Phi) is 5.64. The maximum absolute atomic E-state index is 13.2. The molecule has 0 aromatic heterocycles. The number of sulfonamides is 1. The Balaban J connectivity index is 1.60. The van der Waals surface area contributed by atoms with Crippen LogP contribution in [0.2, 0.25) is 0 Å². The summed E-state index contributed by atoms with van der Waals surface area (Å²) >= 11 is 0. The molecule has 1 fully saturated rings. The molecule has 1 N–H and O–H groups in total. The van der Waals surface area contributed by atoms with Crippen molar-refractivity contribution in [2.45, 2.75) is 30.8 Å². The van der Waals surface area contributed by atoms with Gasteiger partial charge in [0.1, 0.15) is 0 Å². The summed E-state index contributed by atoms with van der Waals surface area (Å²) in [6.07, 6.45) is 1.76. The molecule has 0 bridgehead atoms. The van der Waals surface area contributed by atoms with Gasteiger partial charge in [-0.25, -0.2) is 21.6 Å². The van der Waals surface area contributed by atoms with Crippen LogP contribution in [0.3, 0.4) is 0 Å². The first kappa shape index (κ1) is 18.9. The zero-order valence-electron chi connectivity index (χ0n) is 14.0. The van der Waals surface area contributed by atoms with Crippen LogP contribution in [-0.4, -0.2) is 25.8 Å². The lowest BCUT2D eigenvalue weighted by Gasteiger charge is -2.15. The summed E-state index contributed by atoms with van der Waals surface area (Å²) in [5.41, 5.74) is 1.11. The lowest BCUT2D eigenvalue weighted by molar-refractivity contribution is 0.444. The summed E-state index contributed by atoms with van der Waals surface area (Å²) in [4.78, 5) is 0.255. The van der Waals surface area contributed by atoms with E-state index in [0.29, 0.717) is 19.6 Å². The van der Waals surface area contributed by atoms with Crippen molar-refractivity contribution in [1.29, 1.82) is 0 Å². The number of rotatable bonds is 6. The molecular formula is C18H19F3N2O2S. The Morgan fingerprint density at radius 1 is 0.885 bits per heavy atom. The van der Waals surface area contributed by atoms with E-state index in [-0.39, 0.29) is 17.0 Å². The molecule has 140 valence electrons. The van der Waals surface area contributed by atoms with Crippen molar-refractivity contribution in [3.8, 4) is 0 Å². The largest absolute Gasteiger partial charge is 0.309 e. The van der Waals surface area contributed by atoms with Crippen LogP contribution in [0.4, 0.5) is 13.2 Å². The van der Waals surface area contributed by atoms with Gasteiger partial charge in [0.15, 0.2) is 17.5 Å². The topological polar surface area (TPSA) is 49.4 Å². The minimum atomic E-state index is -3.44. The first-order chi connectivity index (χ1) is 12.4. The monoisotopic (exact) mass is 384 g/mol. The lowest BCUT2D eigenvalue weighted by Crippen LogP contribution is -2.27. The van der Waals surface area contributed by atoms with Crippen LogP contribution < -0.4 is 5.32 Å². The molecule has 2 aromatic carbocycles. The molecule has 0 aliphatic carbocycles. The maximum Gasteiger partial charge on any atom is 0.243 e. The molecule has 0 radical (unpaired) electrons. The molecule has 0 unspecified atom stereocenters. The highest BCUT2D eigenvalue weighted by Gasteiger charge is 2.26. The Morgan fingerprint density at radius 3 is 2.00 bits per heavy atom. The fourth-order valence-electron chi connectivity index (χ4n) is 2.92. The number of nitrogens with zero attached hydrogens (tertiary/aromatic N) is 1. The SMILES string of the molecule is O=S(=O)(c1ccc(CNCc2cc(F)c(F)c(F)c2)cc1)N1CCCC1. The van der Waals surface area contributed by atoms with Gasteiger partial charge in [-0.15, -0.1) is 0 Å². The normalized spacial score (nSPS) is 15.5. The first-order valence-corrected chi connectivity index (χ1v) is 9.75. The molecule has 3 rings (SSSR count). The van der Waals surface area contributed by atoms with Gasteiger partial charge in [-0.2, -0.15) is 4.31 Å². The Hall–Kier alpha value is -1.90. The molecule has 26 heavy (non-hydrogen) atoms.